The van der Waals surface area contributed by atoms with Gasteiger partial charge in [0.15, 0.2) is 0 Å². The molecule has 4 heteroatoms. The normalized spacial score (nSPS) is 14.7. The van der Waals surface area contributed by atoms with Gasteiger partial charge in [-0.25, -0.2) is 9.59 Å². The number of hydrogen-bond donors (Lipinski definition) is 1. The first-order valence-corrected chi connectivity index (χ1v) is 4.38. The zero-order chi connectivity index (χ0) is 10.8. The Morgan fingerprint density at radius 1 is 1.33 bits per heavy atom. The summed E-state index contributed by atoms with van der Waals surface area (Å²) >= 11 is 0. The van der Waals surface area contributed by atoms with Gasteiger partial charge >= 0.3 is 11.9 Å². The summed E-state index contributed by atoms with van der Waals surface area (Å²) in [5, 5.41) is 8.79. The molecule has 1 aliphatic heterocycles. The summed E-state index contributed by atoms with van der Waals surface area (Å²) in [6.45, 7) is 0.113. The average Bonchev–Trinajstić information content (AvgIpc) is 2.39. The first-order valence-electron chi connectivity index (χ1n) is 4.38. The van der Waals surface area contributed by atoms with Crippen molar-refractivity contribution in [2.75, 3.05) is 0 Å². The molecule has 0 saturated heterocycles. The van der Waals surface area contributed by atoms with Gasteiger partial charge < -0.3 is 9.84 Å². The van der Waals surface area contributed by atoms with Crippen molar-refractivity contribution in [3.63, 3.8) is 0 Å². The van der Waals surface area contributed by atoms with Crippen LogP contribution >= 0.6 is 0 Å². The maximum absolute atomic E-state index is 11.3. The van der Waals surface area contributed by atoms with Gasteiger partial charge in [0.25, 0.3) is 0 Å². The predicted octanol–water partition coefficient (Wildman–Crippen LogP) is 1.21. The Balaban J connectivity index is 2.53. The number of fused-ring (bicyclic) bond motifs is 1. The van der Waals surface area contributed by atoms with Crippen molar-refractivity contribution in [3.8, 4) is 0 Å². The van der Waals surface area contributed by atoms with Crippen molar-refractivity contribution in [1.82, 2.24) is 0 Å². The second-order valence-corrected chi connectivity index (χ2v) is 3.14. The van der Waals surface area contributed by atoms with E-state index in [2.05, 4.69) is 0 Å². The maximum atomic E-state index is 11.3. The summed E-state index contributed by atoms with van der Waals surface area (Å²) in [4.78, 5) is 22.0. The van der Waals surface area contributed by atoms with Crippen LogP contribution in [0.5, 0.6) is 0 Å². The molecule has 0 atom stereocenters. The highest BCUT2D eigenvalue weighted by Gasteiger charge is 2.22. The van der Waals surface area contributed by atoms with Crippen LogP contribution in [0.15, 0.2) is 29.8 Å². The number of esters is 1. The molecule has 1 aromatic rings. The van der Waals surface area contributed by atoms with Crippen molar-refractivity contribution in [2.45, 2.75) is 6.61 Å². The number of carbonyl (C=O) groups is 2. The number of carbonyl (C=O) groups excluding carboxylic acids is 1. The number of ether oxygens (including phenoxy) is 1. The van der Waals surface area contributed by atoms with Gasteiger partial charge in [-0.1, -0.05) is 24.3 Å². The van der Waals surface area contributed by atoms with E-state index in [4.69, 9.17) is 9.84 Å². The molecule has 0 bridgehead atoms. The van der Waals surface area contributed by atoms with Crippen LogP contribution in [-0.2, 0) is 20.9 Å². The van der Waals surface area contributed by atoms with Gasteiger partial charge in [-0.3, -0.25) is 0 Å². The fourth-order valence-electron chi connectivity index (χ4n) is 1.39. The van der Waals surface area contributed by atoms with Crippen molar-refractivity contribution < 1.29 is 19.4 Å². The number of carboxylic acids is 1. The van der Waals surface area contributed by atoms with E-state index in [9.17, 15) is 9.59 Å². The van der Waals surface area contributed by atoms with Crippen molar-refractivity contribution in [3.05, 3.63) is 41.0 Å². The second kappa shape index (κ2) is 3.57. The van der Waals surface area contributed by atoms with Gasteiger partial charge in [0.1, 0.15) is 12.2 Å². The highest BCUT2D eigenvalue weighted by atomic mass is 16.5. The highest BCUT2D eigenvalue weighted by Crippen LogP contribution is 2.19. The topological polar surface area (TPSA) is 63.6 Å². The second-order valence-electron chi connectivity index (χ2n) is 3.14. The summed E-state index contributed by atoms with van der Waals surface area (Å²) in [5.74, 6) is -2.06. The van der Waals surface area contributed by atoms with Crippen molar-refractivity contribution >= 4 is 18.0 Å². The molecule has 2 rings (SSSR count). The summed E-state index contributed by atoms with van der Waals surface area (Å²) in [6, 6.07) is 7.14. The molecular weight excluding hydrogens is 196 g/mol. The third kappa shape index (κ3) is 1.74. The molecule has 15 heavy (non-hydrogen) atoms. The SMILES string of the molecule is O=C(O)C1=Cc2ccccc2COC1=O. The van der Waals surface area contributed by atoms with E-state index in [1.54, 1.807) is 18.2 Å². The highest BCUT2D eigenvalue weighted by molar-refractivity contribution is 6.17. The third-order valence-electron chi connectivity index (χ3n) is 2.16. The Labute approximate surface area is 85.8 Å². The molecule has 1 heterocycles. The quantitative estimate of drug-likeness (QED) is 0.551. The van der Waals surface area contributed by atoms with Crippen molar-refractivity contribution in [1.29, 1.82) is 0 Å². The van der Waals surface area contributed by atoms with Gasteiger partial charge in [0, 0.05) is 0 Å². The van der Waals surface area contributed by atoms with Crippen LogP contribution in [0.25, 0.3) is 6.08 Å². The lowest BCUT2D eigenvalue weighted by atomic mass is 10.1. The minimum absolute atomic E-state index is 0.113. The molecule has 0 saturated carbocycles. The van der Waals surface area contributed by atoms with Gasteiger partial charge in [0.2, 0.25) is 0 Å². The lowest BCUT2D eigenvalue weighted by Crippen LogP contribution is -2.13. The van der Waals surface area contributed by atoms with E-state index in [0.717, 1.165) is 5.56 Å². The average molecular weight is 204 g/mol. The molecule has 1 N–H and O–H groups in total. The fourth-order valence-corrected chi connectivity index (χ4v) is 1.39. The number of aliphatic carboxylic acids is 1. The van der Waals surface area contributed by atoms with E-state index in [1.807, 2.05) is 6.07 Å². The number of rotatable bonds is 1. The van der Waals surface area contributed by atoms with E-state index in [-0.39, 0.29) is 12.2 Å². The van der Waals surface area contributed by atoms with Gasteiger partial charge in [0.05, 0.1) is 0 Å². The molecule has 0 aliphatic carbocycles. The molecule has 1 aliphatic rings. The van der Waals surface area contributed by atoms with Crippen LogP contribution in [0.4, 0.5) is 0 Å². The monoisotopic (exact) mass is 204 g/mol. The summed E-state index contributed by atoms with van der Waals surface area (Å²) in [7, 11) is 0. The first-order chi connectivity index (χ1) is 7.18. The van der Waals surface area contributed by atoms with Crippen LogP contribution in [-0.4, -0.2) is 17.0 Å². The molecule has 0 spiro atoms. The van der Waals surface area contributed by atoms with E-state index >= 15 is 0 Å². The van der Waals surface area contributed by atoms with Gasteiger partial charge in [-0.2, -0.15) is 0 Å². The van der Waals surface area contributed by atoms with Crippen LogP contribution in [0.2, 0.25) is 0 Å². The van der Waals surface area contributed by atoms with E-state index < -0.39 is 11.9 Å². The zero-order valence-electron chi connectivity index (χ0n) is 7.77. The van der Waals surface area contributed by atoms with Crippen LogP contribution < -0.4 is 0 Å². The number of carboxylic acid groups (broad SMARTS) is 1. The molecule has 1 aromatic carbocycles. The molecule has 76 valence electrons. The lowest BCUT2D eigenvalue weighted by molar-refractivity contribution is -0.144. The summed E-state index contributed by atoms with van der Waals surface area (Å²) < 4.78 is 4.82. The maximum Gasteiger partial charge on any atom is 0.345 e. The van der Waals surface area contributed by atoms with E-state index in [1.165, 1.54) is 6.08 Å². The Morgan fingerprint density at radius 3 is 2.80 bits per heavy atom. The Hall–Kier alpha value is -2.10. The van der Waals surface area contributed by atoms with Gasteiger partial charge in [-0.05, 0) is 17.2 Å². The lowest BCUT2D eigenvalue weighted by Gasteiger charge is -2.01. The first kappa shape index (κ1) is 9.45. The van der Waals surface area contributed by atoms with Crippen LogP contribution in [0.1, 0.15) is 11.1 Å². The molecule has 4 nitrogen and oxygen atoms in total. The summed E-state index contributed by atoms with van der Waals surface area (Å²) in [5.41, 5.74) is 1.18. The zero-order valence-corrected chi connectivity index (χ0v) is 7.77. The summed E-state index contributed by atoms with van der Waals surface area (Å²) in [6.07, 6.45) is 1.34. The van der Waals surface area contributed by atoms with Crippen LogP contribution in [0, 0.1) is 0 Å². The minimum atomic E-state index is -1.27. The van der Waals surface area contributed by atoms with Crippen LogP contribution in [0.3, 0.4) is 0 Å². The minimum Gasteiger partial charge on any atom is -0.477 e. The standard InChI is InChI=1S/C11H8O4/c12-10(13)9-5-7-3-1-2-4-8(7)6-15-11(9)14/h1-5H,6H2,(H,12,13). The Bertz CT molecular complexity index is 459. The number of cyclic esters (lactones) is 1. The molecule has 0 radical (unpaired) electrons. The van der Waals surface area contributed by atoms with Gasteiger partial charge in [-0.15, -0.1) is 0 Å². The van der Waals surface area contributed by atoms with Crippen molar-refractivity contribution in [2.24, 2.45) is 0 Å². The molecule has 0 unspecified atom stereocenters. The largest absolute Gasteiger partial charge is 0.477 e. The fraction of sp³-hybridized carbons (Fsp3) is 0.0909. The number of benzene rings is 1. The third-order valence-corrected chi connectivity index (χ3v) is 2.16. The van der Waals surface area contributed by atoms with E-state index in [0.29, 0.717) is 5.56 Å². The molecule has 0 amide bonds. The number of hydrogen-bond acceptors (Lipinski definition) is 3. The smallest absolute Gasteiger partial charge is 0.345 e. The molecular formula is C11H8O4. The Morgan fingerprint density at radius 2 is 2.07 bits per heavy atom. The molecule has 0 aromatic heterocycles. The Kier molecular flexibility index (Phi) is 2.25. The predicted molar refractivity (Wildman–Crippen MR) is 51.9 cm³/mol. The molecule has 0 fully saturated rings.